The molecule has 0 bridgehead atoms. The fourth-order valence-corrected chi connectivity index (χ4v) is 6.39. The molecule has 4 aromatic carbocycles. The van der Waals surface area contributed by atoms with Crippen LogP contribution in [0.15, 0.2) is 72.8 Å². The Morgan fingerprint density at radius 2 is 1.18 bits per heavy atom. The van der Waals surface area contributed by atoms with E-state index in [0.29, 0.717) is 49.1 Å². The van der Waals surface area contributed by atoms with Gasteiger partial charge in [-0.15, -0.1) is 0 Å². The van der Waals surface area contributed by atoms with E-state index in [1.165, 1.54) is 0 Å². The van der Waals surface area contributed by atoms with Crippen LogP contribution in [0.5, 0.6) is 11.5 Å². The van der Waals surface area contributed by atoms with E-state index in [1.54, 1.807) is 19.1 Å². The van der Waals surface area contributed by atoms with Crippen LogP contribution in [0.2, 0.25) is 10.0 Å². The van der Waals surface area contributed by atoms with Crippen LogP contribution in [-0.4, -0.2) is 73.8 Å². The number of methoxy groups -OCH3 is 2. The summed E-state index contributed by atoms with van der Waals surface area (Å²) in [6.45, 7) is 2.30. The lowest BCUT2D eigenvalue weighted by atomic mass is 10.1. The summed E-state index contributed by atoms with van der Waals surface area (Å²) in [5.41, 5.74) is 17.0. The highest BCUT2D eigenvalue weighted by atomic mass is 35.5. The highest BCUT2D eigenvalue weighted by Crippen LogP contribution is 2.35. The van der Waals surface area contributed by atoms with Gasteiger partial charge in [0, 0.05) is 64.3 Å². The van der Waals surface area contributed by atoms with Gasteiger partial charge in [-0.25, -0.2) is 9.97 Å². The predicted molar refractivity (Wildman–Crippen MR) is 201 cm³/mol. The number of ether oxygens (including phenoxy) is 2. The van der Waals surface area contributed by atoms with Gasteiger partial charge in [0.15, 0.2) is 0 Å². The van der Waals surface area contributed by atoms with Gasteiger partial charge in [0.1, 0.15) is 11.5 Å². The molecule has 0 aliphatic rings. The van der Waals surface area contributed by atoms with E-state index in [4.69, 9.17) is 54.1 Å². The minimum Gasteiger partial charge on any atom is -0.497 e. The number of amides is 1. The van der Waals surface area contributed by atoms with Gasteiger partial charge in [0.25, 0.3) is 0 Å². The third-order valence-corrected chi connectivity index (χ3v) is 9.05. The number of nitrogens with zero attached hydrogens (tertiary/aromatic N) is 3. The van der Waals surface area contributed by atoms with E-state index in [1.807, 2.05) is 72.8 Å². The molecule has 0 saturated heterocycles. The highest BCUT2D eigenvalue weighted by Gasteiger charge is 2.20. The molecule has 1 amide bonds. The lowest BCUT2D eigenvalue weighted by Gasteiger charge is -2.26. The van der Waals surface area contributed by atoms with Crippen LogP contribution in [0, 0.1) is 0 Å². The Balaban J connectivity index is 1.16. The molecule has 2 heterocycles. The van der Waals surface area contributed by atoms with Crippen molar-refractivity contribution in [1.82, 2.24) is 14.9 Å². The van der Waals surface area contributed by atoms with Gasteiger partial charge in [-0.05, 0) is 85.6 Å². The zero-order valence-electron chi connectivity index (χ0n) is 27.4. The Bertz CT molecular complexity index is 2000. The molecule has 0 spiro atoms. The number of nitrogens with one attached hydrogen (secondary N) is 2. The number of carbonyl (C=O) groups excluding carboxylic acids is 1. The van der Waals surface area contributed by atoms with Crippen LogP contribution in [0.4, 0.5) is 11.4 Å². The van der Waals surface area contributed by atoms with E-state index >= 15 is 0 Å². The maximum absolute atomic E-state index is 13.3. The van der Waals surface area contributed by atoms with Gasteiger partial charge in [-0.2, -0.15) is 0 Å². The SMILES string of the molecule is COc1ccc2nc3cc(Cl)ccc3c(NCCCN(CCCNc3c4ccc(Cl)cc4nc4ccc(OC)cc34)C(=O)[C@@H](N)CN)c2c1. The van der Waals surface area contributed by atoms with Crippen LogP contribution in [0.1, 0.15) is 12.8 Å². The molecule has 0 radical (unpaired) electrons. The number of rotatable bonds is 14. The topological polar surface area (TPSA) is 141 Å². The standard InChI is InChI=1S/C37H39Cl2N7O3/c1-48-24-7-11-31-28(19-24)35(26-9-5-22(38)17-33(26)44-31)42-13-3-15-46(37(47)30(41)21-40)16-4-14-43-36-27-10-6-23(39)18-34(27)45-32-12-8-25(49-2)20-29(32)36/h5-12,17-20,30H,3-4,13-16,21,40-41H2,1-2H3,(H,42,44)(H,43,45)/t30-/m0/s1. The van der Waals surface area contributed by atoms with Crippen molar-refractivity contribution in [1.29, 1.82) is 0 Å². The molecular weight excluding hydrogens is 661 g/mol. The Morgan fingerprint density at radius 3 is 1.61 bits per heavy atom. The summed E-state index contributed by atoms with van der Waals surface area (Å²) in [5.74, 6) is 1.31. The molecule has 0 aliphatic carbocycles. The van der Waals surface area contributed by atoms with Crippen molar-refractivity contribution in [2.75, 3.05) is 57.6 Å². The van der Waals surface area contributed by atoms with Crippen LogP contribution in [0.25, 0.3) is 43.6 Å². The van der Waals surface area contributed by atoms with Crippen LogP contribution < -0.4 is 31.6 Å². The molecule has 254 valence electrons. The number of anilines is 2. The van der Waals surface area contributed by atoms with E-state index in [9.17, 15) is 4.79 Å². The average Bonchev–Trinajstić information content (AvgIpc) is 3.11. The number of hydrogen-bond donors (Lipinski definition) is 4. The van der Waals surface area contributed by atoms with Crippen LogP contribution >= 0.6 is 23.2 Å². The number of hydrogen-bond acceptors (Lipinski definition) is 9. The summed E-state index contributed by atoms with van der Waals surface area (Å²) < 4.78 is 11.0. The zero-order chi connectivity index (χ0) is 34.5. The Kier molecular flexibility index (Phi) is 10.7. The second-order valence-electron chi connectivity index (χ2n) is 11.8. The zero-order valence-corrected chi connectivity index (χ0v) is 28.9. The first kappa shape index (κ1) is 34.3. The first-order chi connectivity index (χ1) is 23.8. The number of pyridine rings is 2. The third-order valence-electron chi connectivity index (χ3n) is 8.58. The Hall–Kier alpha value is -4.61. The molecule has 10 nitrogen and oxygen atoms in total. The van der Waals surface area contributed by atoms with Gasteiger partial charge >= 0.3 is 0 Å². The van der Waals surface area contributed by atoms with E-state index in [2.05, 4.69) is 10.6 Å². The van der Waals surface area contributed by atoms with Crippen LogP contribution in [0.3, 0.4) is 0 Å². The molecular formula is C37H39Cl2N7O3. The van der Waals surface area contributed by atoms with Gasteiger partial charge in [-0.1, -0.05) is 23.2 Å². The number of carbonyl (C=O) groups is 1. The molecule has 1 atom stereocenters. The maximum Gasteiger partial charge on any atom is 0.240 e. The van der Waals surface area contributed by atoms with E-state index in [0.717, 1.165) is 66.5 Å². The summed E-state index contributed by atoms with van der Waals surface area (Å²) in [7, 11) is 3.29. The maximum atomic E-state index is 13.3. The van der Waals surface area contributed by atoms with Crippen molar-refractivity contribution in [3.8, 4) is 11.5 Å². The van der Waals surface area contributed by atoms with Crippen LogP contribution in [-0.2, 0) is 4.79 Å². The number of nitrogens with two attached hydrogens (primary N) is 2. The molecule has 6 aromatic rings. The summed E-state index contributed by atoms with van der Waals surface area (Å²) in [6, 6.07) is 22.2. The van der Waals surface area contributed by atoms with Gasteiger partial charge < -0.3 is 36.5 Å². The molecule has 0 aliphatic heterocycles. The normalized spacial score (nSPS) is 12.0. The summed E-state index contributed by atoms with van der Waals surface area (Å²) in [5, 5.41) is 12.2. The molecule has 0 unspecified atom stereocenters. The first-order valence-corrected chi connectivity index (χ1v) is 16.9. The summed E-state index contributed by atoms with van der Waals surface area (Å²) in [4.78, 5) is 24.7. The smallest absolute Gasteiger partial charge is 0.240 e. The Morgan fingerprint density at radius 1 is 0.714 bits per heavy atom. The summed E-state index contributed by atoms with van der Waals surface area (Å²) >= 11 is 12.6. The molecule has 0 fully saturated rings. The number of aromatic nitrogens is 2. The molecule has 2 aromatic heterocycles. The van der Waals surface area contributed by atoms with Crippen molar-refractivity contribution >= 4 is 84.1 Å². The summed E-state index contributed by atoms with van der Waals surface area (Å²) in [6.07, 6.45) is 1.36. The van der Waals surface area contributed by atoms with Gasteiger partial charge in [0.05, 0.1) is 53.7 Å². The van der Waals surface area contributed by atoms with E-state index < -0.39 is 6.04 Å². The van der Waals surface area contributed by atoms with Crippen molar-refractivity contribution < 1.29 is 14.3 Å². The third kappa shape index (κ3) is 7.52. The highest BCUT2D eigenvalue weighted by molar-refractivity contribution is 6.32. The molecule has 49 heavy (non-hydrogen) atoms. The number of benzene rings is 4. The Labute approximate surface area is 294 Å². The van der Waals surface area contributed by atoms with E-state index in [-0.39, 0.29) is 12.5 Å². The fraction of sp³-hybridized carbons (Fsp3) is 0.270. The molecule has 0 saturated carbocycles. The molecule has 6 rings (SSSR count). The van der Waals surface area contributed by atoms with Crippen molar-refractivity contribution in [2.45, 2.75) is 18.9 Å². The van der Waals surface area contributed by atoms with Gasteiger partial charge in [0.2, 0.25) is 5.91 Å². The van der Waals surface area contributed by atoms with Crippen molar-refractivity contribution in [3.63, 3.8) is 0 Å². The largest absolute Gasteiger partial charge is 0.497 e. The van der Waals surface area contributed by atoms with Crippen molar-refractivity contribution in [3.05, 3.63) is 82.8 Å². The minimum atomic E-state index is -0.767. The quantitative estimate of drug-likeness (QED) is 0.0711. The second kappa shape index (κ2) is 15.3. The second-order valence-corrected chi connectivity index (χ2v) is 12.7. The average molecular weight is 701 g/mol. The predicted octanol–water partition coefficient (Wildman–Crippen LogP) is 6.83. The first-order valence-electron chi connectivity index (χ1n) is 16.2. The fourth-order valence-electron chi connectivity index (χ4n) is 6.06. The lowest BCUT2D eigenvalue weighted by molar-refractivity contribution is -0.132. The number of halogens is 2. The monoisotopic (exact) mass is 699 g/mol. The number of fused-ring (bicyclic) bond motifs is 4. The van der Waals surface area contributed by atoms with Gasteiger partial charge in [-0.3, -0.25) is 4.79 Å². The molecule has 12 heteroatoms. The molecule has 6 N–H and O–H groups in total. The van der Waals surface area contributed by atoms with Crippen molar-refractivity contribution in [2.24, 2.45) is 11.5 Å². The lowest BCUT2D eigenvalue weighted by Crippen LogP contribution is -2.48. The minimum absolute atomic E-state index is 0.0740.